The molecule has 0 saturated carbocycles. The molecule has 2 nitrogen and oxygen atoms in total. The van der Waals surface area contributed by atoms with Crippen molar-refractivity contribution in [2.45, 2.75) is 33.6 Å². The van der Waals surface area contributed by atoms with Crippen molar-refractivity contribution in [2.24, 2.45) is 11.3 Å². The molecule has 1 aliphatic rings. The molecule has 0 amide bonds. The Morgan fingerprint density at radius 2 is 2.16 bits per heavy atom. The second kappa shape index (κ2) is 5.41. The highest BCUT2D eigenvalue weighted by Crippen LogP contribution is 2.35. The van der Waals surface area contributed by atoms with Crippen LogP contribution < -0.4 is 5.32 Å². The van der Waals surface area contributed by atoms with Crippen molar-refractivity contribution in [1.82, 2.24) is 5.32 Å². The Morgan fingerprint density at radius 3 is 2.74 bits per heavy atom. The number of ketones is 1. The van der Waals surface area contributed by atoms with E-state index in [0.717, 1.165) is 25.9 Å². The average Bonchev–Trinajstić information content (AvgIpc) is 2.42. The number of halogens is 1. The molecule has 0 spiro atoms. The number of carbonyl (C=O) groups is 1. The minimum absolute atomic E-state index is 0.115. The lowest BCUT2D eigenvalue weighted by Crippen LogP contribution is -2.42. The highest BCUT2D eigenvalue weighted by molar-refractivity contribution is 6.00. The van der Waals surface area contributed by atoms with Crippen LogP contribution in [-0.4, -0.2) is 18.9 Å². The first kappa shape index (κ1) is 14.2. The monoisotopic (exact) mass is 263 g/mol. The number of rotatable bonds is 3. The SMILES string of the molecule is Cc1cc(C(=O)C(C)(C)C2CCCNC2)ccc1F. The molecule has 1 aliphatic heterocycles. The molecule has 1 fully saturated rings. The van der Waals surface area contributed by atoms with Crippen molar-refractivity contribution < 1.29 is 9.18 Å². The third-order valence-corrected chi connectivity index (χ3v) is 4.32. The first-order valence-electron chi connectivity index (χ1n) is 6.94. The maximum Gasteiger partial charge on any atom is 0.168 e. The Balaban J connectivity index is 2.23. The number of nitrogens with one attached hydrogen (secondary N) is 1. The van der Waals surface area contributed by atoms with Gasteiger partial charge in [0.2, 0.25) is 0 Å². The molecule has 1 aromatic rings. The van der Waals surface area contributed by atoms with E-state index in [1.807, 2.05) is 13.8 Å². The van der Waals surface area contributed by atoms with E-state index in [9.17, 15) is 9.18 Å². The van der Waals surface area contributed by atoms with E-state index in [-0.39, 0.29) is 11.6 Å². The fraction of sp³-hybridized carbons (Fsp3) is 0.562. The predicted octanol–water partition coefficient (Wildman–Crippen LogP) is 3.34. The van der Waals surface area contributed by atoms with Gasteiger partial charge in [-0.05, 0) is 62.5 Å². The van der Waals surface area contributed by atoms with E-state index in [2.05, 4.69) is 5.32 Å². The van der Waals surface area contributed by atoms with Gasteiger partial charge in [-0.15, -0.1) is 0 Å². The highest BCUT2D eigenvalue weighted by Gasteiger charge is 2.37. The lowest BCUT2D eigenvalue weighted by Gasteiger charge is -2.36. The van der Waals surface area contributed by atoms with Crippen LogP contribution in [0.15, 0.2) is 18.2 Å². The molecule has 0 radical (unpaired) electrons. The minimum Gasteiger partial charge on any atom is -0.316 e. The van der Waals surface area contributed by atoms with Gasteiger partial charge in [-0.25, -0.2) is 4.39 Å². The fourth-order valence-corrected chi connectivity index (χ4v) is 2.81. The normalized spacial score (nSPS) is 20.3. The molecule has 0 aromatic heterocycles. The summed E-state index contributed by atoms with van der Waals surface area (Å²) in [7, 11) is 0. The second-order valence-corrected chi connectivity index (χ2v) is 6.06. The van der Waals surface area contributed by atoms with E-state index in [0.29, 0.717) is 17.0 Å². The van der Waals surface area contributed by atoms with E-state index in [1.54, 1.807) is 19.1 Å². The van der Waals surface area contributed by atoms with Crippen molar-refractivity contribution in [2.75, 3.05) is 13.1 Å². The van der Waals surface area contributed by atoms with Crippen molar-refractivity contribution in [3.05, 3.63) is 35.1 Å². The van der Waals surface area contributed by atoms with Gasteiger partial charge in [0, 0.05) is 11.0 Å². The molecule has 1 aromatic carbocycles. The third kappa shape index (κ3) is 2.86. The lowest BCUT2D eigenvalue weighted by molar-refractivity contribution is 0.0708. The second-order valence-electron chi connectivity index (χ2n) is 6.06. The zero-order valence-electron chi connectivity index (χ0n) is 11.9. The fourth-order valence-electron chi connectivity index (χ4n) is 2.81. The number of aryl methyl sites for hydroxylation is 1. The molecular formula is C16H22FNO. The predicted molar refractivity (Wildman–Crippen MR) is 74.8 cm³/mol. The van der Waals surface area contributed by atoms with Crippen LogP contribution in [0.4, 0.5) is 4.39 Å². The zero-order chi connectivity index (χ0) is 14.0. The largest absolute Gasteiger partial charge is 0.316 e. The lowest BCUT2D eigenvalue weighted by atomic mass is 9.70. The summed E-state index contributed by atoms with van der Waals surface area (Å²) >= 11 is 0. The number of carbonyl (C=O) groups excluding carboxylic acids is 1. The summed E-state index contributed by atoms with van der Waals surface area (Å²) in [5.74, 6) is 0.206. The van der Waals surface area contributed by atoms with E-state index < -0.39 is 5.41 Å². The van der Waals surface area contributed by atoms with Crippen molar-refractivity contribution in [3.8, 4) is 0 Å². The Hall–Kier alpha value is -1.22. The number of benzene rings is 1. The Bertz CT molecular complexity index is 476. The molecule has 19 heavy (non-hydrogen) atoms. The van der Waals surface area contributed by atoms with Crippen LogP contribution in [-0.2, 0) is 0 Å². The quantitative estimate of drug-likeness (QED) is 0.847. The smallest absolute Gasteiger partial charge is 0.168 e. The highest BCUT2D eigenvalue weighted by atomic mass is 19.1. The standard InChI is InChI=1S/C16H22FNO/c1-11-9-12(6-7-14(11)17)15(19)16(2,3)13-5-4-8-18-10-13/h6-7,9,13,18H,4-5,8,10H2,1-3H3. The average molecular weight is 263 g/mol. The zero-order valence-corrected chi connectivity index (χ0v) is 11.9. The number of hydrogen-bond acceptors (Lipinski definition) is 2. The first-order valence-corrected chi connectivity index (χ1v) is 6.94. The van der Waals surface area contributed by atoms with Gasteiger partial charge >= 0.3 is 0 Å². The molecular weight excluding hydrogens is 241 g/mol. The van der Waals surface area contributed by atoms with Crippen LogP contribution in [0.5, 0.6) is 0 Å². The van der Waals surface area contributed by atoms with Gasteiger partial charge < -0.3 is 5.32 Å². The molecule has 1 heterocycles. The summed E-state index contributed by atoms with van der Waals surface area (Å²) in [6, 6.07) is 4.65. The number of hydrogen-bond donors (Lipinski definition) is 1. The molecule has 0 aliphatic carbocycles. The summed E-state index contributed by atoms with van der Waals surface area (Å²) in [6.45, 7) is 7.63. The van der Waals surface area contributed by atoms with Crippen molar-refractivity contribution >= 4 is 5.78 Å². The van der Waals surface area contributed by atoms with Gasteiger partial charge in [0.25, 0.3) is 0 Å². The maximum absolute atomic E-state index is 13.3. The van der Waals surface area contributed by atoms with Gasteiger partial charge in [0.05, 0.1) is 0 Å². The van der Waals surface area contributed by atoms with E-state index in [4.69, 9.17) is 0 Å². The Labute approximate surface area is 114 Å². The van der Waals surface area contributed by atoms with Crippen LogP contribution in [0, 0.1) is 24.1 Å². The molecule has 2 rings (SSSR count). The summed E-state index contributed by atoms with van der Waals surface area (Å²) in [6.07, 6.45) is 2.19. The third-order valence-electron chi connectivity index (χ3n) is 4.32. The minimum atomic E-state index is -0.405. The number of Topliss-reactive ketones (excluding diaryl/α,β-unsaturated/α-hetero) is 1. The van der Waals surface area contributed by atoms with E-state index >= 15 is 0 Å². The van der Waals surface area contributed by atoms with E-state index in [1.165, 1.54) is 6.07 Å². The van der Waals surface area contributed by atoms with Crippen LogP contribution >= 0.6 is 0 Å². The molecule has 0 bridgehead atoms. The molecule has 1 saturated heterocycles. The number of piperidine rings is 1. The molecule has 1 atom stereocenters. The van der Waals surface area contributed by atoms with Crippen molar-refractivity contribution in [3.63, 3.8) is 0 Å². The van der Waals surface area contributed by atoms with Gasteiger partial charge in [-0.2, -0.15) is 0 Å². The van der Waals surface area contributed by atoms with Crippen molar-refractivity contribution in [1.29, 1.82) is 0 Å². The molecule has 1 unspecified atom stereocenters. The Morgan fingerprint density at radius 1 is 1.42 bits per heavy atom. The Kier molecular flexibility index (Phi) is 4.04. The molecule has 3 heteroatoms. The summed E-state index contributed by atoms with van der Waals surface area (Å²) in [5, 5.41) is 3.36. The molecule has 104 valence electrons. The van der Waals surface area contributed by atoms with Gasteiger partial charge in [0.15, 0.2) is 5.78 Å². The summed E-state index contributed by atoms with van der Waals surface area (Å²) < 4.78 is 13.3. The summed E-state index contributed by atoms with van der Waals surface area (Å²) in [5.41, 5.74) is 0.746. The summed E-state index contributed by atoms with van der Waals surface area (Å²) in [4.78, 5) is 12.7. The van der Waals surface area contributed by atoms with Gasteiger partial charge in [-0.1, -0.05) is 13.8 Å². The maximum atomic E-state index is 13.3. The van der Waals surface area contributed by atoms with Crippen LogP contribution in [0.1, 0.15) is 42.6 Å². The van der Waals surface area contributed by atoms with Crippen LogP contribution in [0.25, 0.3) is 0 Å². The molecule has 1 N–H and O–H groups in total. The van der Waals surface area contributed by atoms with Gasteiger partial charge in [-0.3, -0.25) is 4.79 Å². The first-order chi connectivity index (χ1) is 8.93. The van der Waals surface area contributed by atoms with Crippen LogP contribution in [0.3, 0.4) is 0 Å². The van der Waals surface area contributed by atoms with Crippen LogP contribution in [0.2, 0.25) is 0 Å². The van der Waals surface area contributed by atoms with Gasteiger partial charge in [0.1, 0.15) is 5.82 Å². The topological polar surface area (TPSA) is 29.1 Å².